The minimum atomic E-state index is -0.267. The van der Waals surface area contributed by atoms with E-state index in [2.05, 4.69) is 0 Å². The normalized spacial score (nSPS) is 10.2. The second kappa shape index (κ2) is 9.53. The minimum absolute atomic E-state index is 0.00254. The van der Waals surface area contributed by atoms with Crippen LogP contribution in [0.3, 0.4) is 0 Å². The molecular formula is C14H17ClO4. The molecule has 0 bridgehead atoms. The molecule has 0 aliphatic carbocycles. The van der Waals surface area contributed by atoms with Crippen molar-refractivity contribution in [2.75, 3.05) is 19.1 Å². The summed E-state index contributed by atoms with van der Waals surface area (Å²) in [5.41, 5.74) is 0.958. The summed E-state index contributed by atoms with van der Waals surface area (Å²) in [5, 5.41) is 0. The maximum absolute atomic E-state index is 11.4. The average Bonchev–Trinajstić information content (AvgIpc) is 2.45. The minimum Gasteiger partial charge on any atom is -0.461 e. The molecule has 0 aliphatic rings. The van der Waals surface area contributed by atoms with E-state index in [-0.39, 0.29) is 37.3 Å². The molecule has 104 valence electrons. The molecular weight excluding hydrogens is 268 g/mol. The Balaban J connectivity index is 2.04. The first-order chi connectivity index (χ1) is 9.22. The van der Waals surface area contributed by atoms with Crippen LogP contribution in [0.25, 0.3) is 0 Å². The van der Waals surface area contributed by atoms with E-state index in [1.807, 2.05) is 30.3 Å². The van der Waals surface area contributed by atoms with Crippen LogP contribution in [0, 0.1) is 0 Å². The zero-order valence-electron chi connectivity index (χ0n) is 10.6. The van der Waals surface area contributed by atoms with Crippen LogP contribution >= 0.6 is 11.6 Å². The van der Waals surface area contributed by atoms with Crippen LogP contribution in [0.2, 0.25) is 0 Å². The van der Waals surface area contributed by atoms with Crippen molar-refractivity contribution in [3.8, 4) is 0 Å². The van der Waals surface area contributed by atoms with E-state index in [1.54, 1.807) is 0 Å². The highest BCUT2D eigenvalue weighted by molar-refractivity contribution is 6.27. The van der Waals surface area contributed by atoms with E-state index in [0.29, 0.717) is 13.0 Å². The number of carbonyl (C=O) groups excluding carboxylic acids is 2. The number of hydrogen-bond donors (Lipinski definition) is 0. The van der Waals surface area contributed by atoms with Gasteiger partial charge in [-0.15, -0.1) is 11.6 Å². The molecule has 19 heavy (non-hydrogen) atoms. The number of benzene rings is 1. The largest absolute Gasteiger partial charge is 0.461 e. The molecule has 0 aliphatic heterocycles. The molecule has 1 aromatic carbocycles. The van der Waals surface area contributed by atoms with Gasteiger partial charge in [0.05, 0.1) is 5.88 Å². The summed E-state index contributed by atoms with van der Waals surface area (Å²) in [7, 11) is 0. The molecule has 0 saturated carbocycles. The number of carbonyl (C=O) groups is 2. The fourth-order valence-electron chi connectivity index (χ4n) is 1.35. The maximum atomic E-state index is 11.4. The number of hydrogen-bond acceptors (Lipinski definition) is 4. The van der Waals surface area contributed by atoms with Crippen LogP contribution in [0.1, 0.15) is 18.4 Å². The van der Waals surface area contributed by atoms with Gasteiger partial charge in [0.2, 0.25) is 0 Å². The van der Waals surface area contributed by atoms with E-state index in [1.165, 1.54) is 0 Å². The van der Waals surface area contributed by atoms with E-state index < -0.39 is 0 Å². The first-order valence-electron chi connectivity index (χ1n) is 6.07. The molecule has 0 unspecified atom stereocenters. The third-order valence-electron chi connectivity index (χ3n) is 2.32. The number of ether oxygens (including phenoxy) is 2. The van der Waals surface area contributed by atoms with Crippen molar-refractivity contribution in [2.45, 2.75) is 19.4 Å². The number of alkyl halides is 1. The summed E-state index contributed by atoms with van der Waals surface area (Å²) in [6.45, 7) is 0.636. The van der Waals surface area contributed by atoms with Gasteiger partial charge in [-0.25, -0.2) is 0 Å². The molecule has 1 aromatic rings. The molecule has 5 heteroatoms. The third kappa shape index (κ3) is 7.59. The van der Waals surface area contributed by atoms with Crippen molar-refractivity contribution < 1.29 is 19.1 Å². The van der Waals surface area contributed by atoms with Crippen molar-refractivity contribution in [2.24, 2.45) is 0 Å². The standard InChI is InChI=1S/C14H17ClO4/c15-9-13(16)11-18-8-4-7-14(17)19-10-12-5-2-1-3-6-12/h1-3,5-6H,4,7-11H2. The summed E-state index contributed by atoms with van der Waals surface area (Å²) < 4.78 is 10.2. The van der Waals surface area contributed by atoms with Gasteiger partial charge in [0.25, 0.3) is 0 Å². The van der Waals surface area contributed by atoms with Crippen molar-refractivity contribution in [3.05, 3.63) is 35.9 Å². The first kappa shape index (κ1) is 15.7. The Labute approximate surface area is 117 Å². The molecule has 0 radical (unpaired) electrons. The van der Waals surface area contributed by atoms with Crippen molar-refractivity contribution in [1.82, 2.24) is 0 Å². The molecule has 0 amide bonds. The van der Waals surface area contributed by atoms with Gasteiger partial charge in [-0.2, -0.15) is 0 Å². The van der Waals surface area contributed by atoms with E-state index in [0.717, 1.165) is 5.56 Å². The van der Waals surface area contributed by atoms with Gasteiger partial charge in [-0.1, -0.05) is 30.3 Å². The quantitative estimate of drug-likeness (QED) is 0.397. The number of esters is 1. The lowest BCUT2D eigenvalue weighted by Crippen LogP contribution is -2.11. The molecule has 0 saturated heterocycles. The second-order valence-corrected chi connectivity index (χ2v) is 4.24. The lowest BCUT2D eigenvalue weighted by atomic mass is 10.2. The van der Waals surface area contributed by atoms with E-state index in [9.17, 15) is 9.59 Å². The summed E-state index contributed by atoms with van der Waals surface area (Å²) in [6.07, 6.45) is 0.811. The molecule has 4 nitrogen and oxygen atoms in total. The topological polar surface area (TPSA) is 52.6 Å². The number of rotatable bonds is 9. The van der Waals surface area contributed by atoms with Crippen LogP contribution in [0.4, 0.5) is 0 Å². The van der Waals surface area contributed by atoms with Gasteiger partial charge in [-0.05, 0) is 12.0 Å². The maximum Gasteiger partial charge on any atom is 0.306 e. The molecule has 0 N–H and O–H groups in total. The fourth-order valence-corrected chi connectivity index (χ4v) is 1.43. The second-order valence-electron chi connectivity index (χ2n) is 3.97. The number of halogens is 1. The highest BCUT2D eigenvalue weighted by Crippen LogP contribution is 2.02. The fraction of sp³-hybridized carbons (Fsp3) is 0.429. The first-order valence-corrected chi connectivity index (χ1v) is 6.61. The summed E-state index contributed by atoms with van der Waals surface area (Å²) in [4.78, 5) is 22.2. The predicted molar refractivity (Wildman–Crippen MR) is 72.0 cm³/mol. The van der Waals surface area contributed by atoms with Gasteiger partial charge in [-0.3, -0.25) is 9.59 Å². The van der Waals surface area contributed by atoms with Gasteiger partial charge in [0, 0.05) is 13.0 Å². The van der Waals surface area contributed by atoms with Crippen LogP contribution in [0.15, 0.2) is 30.3 Å². The molecule has 0 heterocycles. The SMILES string of the molecule is O=C(CCl)COCCCC(=O)OCc1ccccc1. The van der Waals surface area contributed by atoms with Gasteiger partial charge in [0.1, 0.15) is 13.2 Å². The van der Waals surface area contributed by atoms with Crippen LogP contribution in [-0.4, -0.2) is 30.8 Å². The molecule has 0 aromatic heterocycles. The molecule has 0 fully saturated rings. The lowest BCUT2D eigenvalue weighted by molar-refractivity contribution is -0.145. The Morgan fingerprint density at radius 3 is 2.58 bits per heavy atom. The van der Waals surface area contributed by atoms with Crippen molar-refractivity contribution >= 4 is 23.4 Å². The van der Waals surface area contributed by atoms with E-state index >= 15 is 0 Å². The lowest BCUT2D eigenvalue weighted by Gasteiger charge is -2.05. The summed E-state index contributed by atoms with van der Waals surface area (Å²) in [6, 6.07) is 9.49. The van der Waals surface area contributed by atoms with Crippen molar-refractivity contribution in [1.29, 1.82) is 0 Å². The number of ketones is 1. The van der Waals surface area contributed by atoms with Gasteiger partial charge >= 0.3 is 5.97 Å². The van der Waals surface area contributed by atoms with E-state index in [4.69, 9.17) is 21.1 Å². The Morgan fingerprint density at radius 1 is 1.16 bits per heavy atom. The molecule has 1 rings (SSSR count). The number of Topliss-reactive ketones (excluding diaryl/α,β-unsaturated/α-hetero) is 1. The average molecular weight is 285 g/mol. The van der Waals surface area contributed by atoms with Crippen LogP contribution in [0.5, 0.6) is 0 Å². The van der Waals surface area contributed by atoms with Crippen LogP contribution in [-0.2, 0) is 25.7 Å². The van der Waals surface area contributed by atoms with Crippen LogP contribution < -0.4 is 0 Å². The zero-order valence-corrected chi connectivity index (χ0v) is 11.4. The Morgan fingerprint density at radius 2 is 1.89 bits per heavy atom. The summed E-state index contributed by atoms with van der Waals surface area (Å²) >= 11 is 5.31. The third-order valence-corrected chi connectivity index (χ3v) is 2.62. The Bertz CT molecular complexity index is 392. The highest BCUT2D eigenvalue weighted by Gasteiger charge is 2.04. The van der Waals surface area contributed by atoms with Gasteiger partial charge in [0.15, 0.2) is 5.78 Å². The summed E-state index contributed by atoms with van der Waals surface area (Å²) in [5.74, 6) is -0.469. The monoisotopic (exact) mass is 284 g/mol. The van der Waals surface area contributed by atoms with Crippen molar-refractivity contribution in [3.63, 3.8) is 0 Å². The smallest absolute Gasteiger partial charge is 0.306 e. The Kier molecular flexibility index (Phi) is 7.86. The Hall–Kier alpha value is -1.39. The predicted octanol–water partition coefficient (Wildman–Crippen LogP) is 2.33. The zero-order chi connectivity index (χ0) is 13.9. The molecule has 0 atom stereocenters. The highest BCUT2D eigenvalue weighted by atomic mass is 35.5. The molecule has 0 spiro atoms. The van der Waals surface area contributed by atoms with Gasteiger partial charge < -0.3 is 9.47 Å².